The molecule has 1 aliphatic carbocycles. The molecule has 2 aromatic rings. The Kier molecular flexibility index (Phi) is 6.72. The fourth-order valence-electron chi connectivity index (χ4n) is 3.89. The number of likely N-dealkylation sites (N-methyl/N-ethyl adjacent to an activating group) is 1. The van der Waals surface area contributed by atoms with Crippen LogP contribution in [-0.4, -0.2) is 54.2 Å². The quantitative estimate of drug-likeness (QED) is 0.697. The summed E-state index contributed by atoms with van der Waals surface area (Å²) >= 11 is 0. The molecule has 2 aromatic carbocycles. The minimum Gasteiger partial charge on any atom is -0.480 e. The SMILES string of the molecule is CCC(C(=O)O)N(C)C(=O)CCNC(=O)OCC1c2ccccc2-c2ccccc21. The highest BCUT2D eigenvalue weighted by atomic mass is 16.5. The first kappa shape index (κ1) is 21.4. The number of aliphatic carboxylic acids is 1. The molecule has 7 heteroatoms. The van der Waals surface area contributed by atoms with E-state index in [1.54, 1.807) is 6.92 Å². The lowest BCUT2D eigenvalue weighted by Gasteiger charge is -2.23. The topological polar surface area (TPSA) is 95.9 Å². The molecule has 158 valence electrons. The number of hydrogen-bond donors (Lipinski definition) is 2. The van der Waals surface area contributed by atoms with Gasteiger partial charge in [0.15, 0.2) is 0 Å². The lowest BCUT2D eigenvalue weighted by molar-refractivity contribution is -0.149. The summed E-state index contributed by atoms with van der Waals surface area (Å²) in [6.45, 7) is 1.98. The predicted octanol–water partition coefficient (Wildman–Crippen LogP) is 3.24. The first-order chi connectivity index (χ1) is 14.4. The summed E-state index contributed by atoms with van der Waals surface area (Å²) in [5.74, 6) is -1.42. The molecule has 3 rings (SSSR count). The first-order valence-electron chi connectivity index (χ1n) is 10.0. The van der Waals surface area contributed by atoms with E-state index in [9.17, 15) is 14.4 Å². The van der Waals surface area contributed by atoms with Gasteiger partial charge in [-0.05, 0) is 28.7 Å². The number of nitrogens with one attached hydrogen (secondary N) is 1. The molecule has 1 unspecified atom stereocenters. The van der Waals surface area contributed by atoms with Gasteiger partial charge >= 0.3 is 12.1 Å². The van der Waals surface area contributed by atoms with Crippen molar-refractivity contribution in [1.29, 1.82) is 0 Å². The molecule has 0 bridgehead atoms. The van der Waals surface area contributed by atoms with Gasteiger partial charge in [-0.15, -0.1) is 0 Å². The van der Waals surface area contributed by atoms with Crippen LogP contribution in [0.1, 0.15) is 36.8 Å². The highest BCUT2D eigenvalue weighted by molar-refractivity contribution is 5.84. The molecule has 7 nitrogen and oxygen atoms in total. The smallest absolute Gasteiger partial charge is 0.407 e. The number of rotatable bonds is 8. The van der Waals surface area contributed by atoms with Crippen LogP contribution in [0.2, 0.25) is 0 Å². The lowest BCUT2D eigenvalue weighted by Crippen LogP contribution is -2.43. The third-order valence-corrected chi connectivity index (χ3v) is 5.48. The Hall–Kier alpha value is -3.35. The second kappa shape index (κ2) is 9.43. The van der Waals surface area contributed by atoms with E-state index in [0.717, 1.165) is 22.3 Å². The molecule has 0 spiro atoms. The third kappa shape index (κ3) is 4.45. The van der Waals surface area contributed by atoms with Crippen molar-refractivity contribution in [3.8, 4) is 11.1 Å². The highest BCUT2D eigenvalue weighted by Gasteiger charge is 2.29. The van der Waals surface area contributed by atoms with E-state index >= 15 is 0 Å². The zero-order valence-corrected chi connectivity index (χ0v) is 17.1. The minimum absolute atomic E-state index is 0.00444. The lowest BCUT2D eigenvalue weighted by atomic mass is 9.98. The van der Waals surface area contributed by atoms with E-state index in [-0.39, 0.29) is 31.4 Å². The molecule has 0 aliphatic heterocycles. The fraction of sp³-hybridized carbons (Fsp3) is 0.348. The predicted molar refractivity (Wildman–Crippen MR) is 112 cm³/mol. The molecule has 0 radical (unpaired) electrons. The Morgan fingerprint density at radius 2 is 1.63 bits per heavy atom. The van der Waals surface area contributed by atoms with Gasteiger partial charge in [0.1, 0.15) is 12.6 Å². The van der Waals surface area contributed by atoms with Crippen molar-refractivity contribution in [1.82, 2.24) is 10.2 Å². The van der Waals surface area contributed by atoms with Crippen LogP contribution >= 0.6 is 0 Å². The average Bonchev–Trinajstić information content (AvgIpc) is 3.06. The van der Waals surface area contributed by atoms with Gasteiger partial charge in [-0.3, -0.25) is 4.79 Å². The molecule has 0 aromatic heterocycles. The van der Waals surface area contributed by atoms with E-state index in [4.69, 9.17) is 9.84 Å². The van der Waals surface area contributed by atoms with Gasteiger partial charge < -0.3 is 20.1 Å². The van der Waals surface area contributed by atoms with Crippen LogP contribution in [0.4, 0.5) is 4.79 Å². The molecule has 30 heavy (non-hydrogen) atoms. The van der Waals surface area contributed by atoms with E-state index < -0.39 is 18.1 Å². The number of hydrogen-bond acceptors (Lipinski definition) is 4. The number of fused-ring (bicyclic) bond motifs is 3. The number of ether oxygens (including phenoxy) is 1. The monoisotopic (exact) mass is 410 g/mol. The Labute approximate surface area is 175 Å². The van der Waals surface area contributed by atoms with Gasteiger partial charge in [0.05, 0.1) is 0 Å². The molecule has 2 N–H and O–H groups in total. The maximum absolute atomic E-state index is 12.1. The highest BCUT2D eigenvalue weighted by Crippen LogP contribution is 2.44. The van der Waals surface area contributed by atoms with Crippen molar-refractivity contribution in [2.75, 3.05) is 20.2 Å². The van der Waals surface area contributed by atoms with Crippen LogP contribution < -0.4 is 5.32 Å². The average molecular weight is 410 g/mol. The van der Waals surface area contributed by atoms with Crippen molar-refractivity contribution < 1.29 is 24.2 Å². The Morgan fingerprint density at radius 3 is 2.17 bits per heavy atom. The van der Waals surface area contributed by atoms with Crippen LogP contribution in [0.5, 0.6) is 0 Å². The Morgan fingerprint density at radius 1 is 1.07 bits per heavy atom. The number of carbonyl (C=O) groups excluding carboxylic acids is 2. The number of alkyl carbamates (subject to hydrolysis) is 1. The number of carboxylic acid groups (broad SMARTS) is 1. The van der Waals surface area contributed by atoms with E-state index in [1.807, 2.05) is 36.4 Å². The van der Waals surface area contributed by atoms with Crippen LogP contribution in [0.25, 0.3) is 11.1 Å². The number of amides is 2. The zero-order valence-electron chi connectivity index (χ0n) is 17.1. The second-order valence-electron chi connectivity index (χ2n) is 7.27. The molecule has 0 fully saturated rings. The van der Waals surface area contributed by atoms with Crippen LogP contribution in [0.15, 0.2) is 48.5 Å². The normalized spacial score (nSPS) is 13.1. The zero-order chi connectivity index (χ0) is 21.7. The van der Waals surface area contributed by atoms with Gasteiger partial charge in [-0.1, -0.05) is 55.5 Å². The molecule has 0 heterocycles. The van der Waals surface area contributed by atoms with E-state index in [2.05, 4.69) is 17.4 Å². The summed E-state index contributed by atoms with van der Waals surface area (Å²) in [4.78, 5) is 36.6. The largest absolute Gasteiger partial charge is 0.480 e. The van der Waals surface area contributed by atoms with Gasteiger partial charge in [0.2, 0.25) is 5.91 Å². The Bertz CT molecular complexity index is 897. The molecular formula is C23H26N2O5. The molecule has 1 aliphatic rings. The molecular weight excluding hydrogens is 384 g/mol. The summed E-state index contributed by atoms with van der Waals surface area (Å²) in [6, 6.07) is 15.3. The van der Waals surface area contributed by atoms with Crippen molar-refractivity contribution >= 4 is 18.0 Å². The Balaban J connectivity index is 1.51. The van der Waals surface area contributed by atoms with E-state index in [1.165, 1.54) is 11.9 Å². The summed E-state index contributed by atoms with van der Waals surface area (Å²) in [6.07, 6.45) is -0.278. The summed E-state index contributed by atoms with van der Waals surface area (Å²) < 4.78 is 5.42. The van der Waals surface area contributed by atoms with Crippen LogP contribution in [0, 0.1) is 0 Å². The standard InChI is InChI=1S/C23H26N2O5/c1-3-20(22(27)28)25(2)21(26)12-13-24-23(29)30-14-19-17-10-6-4-8-15(17)16-9-5-7-11-18(16)19/h4-11,19-20H,3,12-14H2,1-2H3,(H,24,29)(H,27,28). The van der Waals surface area contributed by atoms with Gasteiger partial charge in [0.25, 0.3) is 0 Å². The second-order valence-corrected chi connectivity index (χ2v) is 7.27. The van der Waals surface area contributed by atoms with Crippen molar-refractivity contribution in [3.63, 3.8) is 0 Å². The summed E-state index contributed by atoms with van der Waals surface area (Å²) in [5, 5.41) is 11.7. The van der Waals surface area contributed by atoms with Crippen LogP contribution in [-0.2, 0) is 14.3 Å². The van der Waals surface area contributed by atoms with Crippen molar-refractivity contribution in [2.24, 2.45) is 0 Å². The van der Waals surface area contributed by atoms with Gasteiger partial charge in [-0.25, -0.2) is 9.59 Å². The summed E-state index contributed by atoms with van der Waals surface area (Å²) in [5.41, 5.74) is 4.56. The number of carboxylic acids is 1. The first-order valence-corrected chi connectivity index (χ1v) is 10.0. The molecule has 0 saturated carbocycles. The number of benzene rings is 2. The molecule has 2 amide bonds. The van der Waals surface area contributed by atoms with Gasteiger partial charge in [-0.2, -0.15) is 0 Å². The molecule has 1 atom stereocenters. The van der Waals surface area contributed by atoms with Crippen molar-refractivity contribution in [3.05, 3.63) is 59.7 Å². The fourth-order valence-corrected chi connectivity index (χ4v) is 3.89. The minimum atomic E-state index is -1.04. The maximum Gasteiger partial charge on any atom is 0.407 e. The van der Waals surface area contributed by atoms with Gasteiger partial charge in [0, 0.05) is 25.9 Å². The summed E-state index contributed by atoms with van der Waals surface area (Å²) in [7, 11) is 1.46. The number of carbonyl (C=O) groups is 3. The number of nitrogens with zero attached hydrogens (tertiary/aromatic N) is 1. The van der Waals surface area contributed by atoms with E-state index in [0.29, 0.717) is 6.42 Å². The van der Waals surface area contributed by atoms with Crippen LogP contribution in [0.3, 0.4) is 0 Å². The molecule has 0 saturated heterocycles. The third-order valence-electron chi connectivity index (χ3n) is 5.48. The van der Waals surface area contributed by atoms with Crippen molar-refractivity contribution in [2.45, 2.75) is 31.7 Å². The maximum atomic E-state index is 12.1.